The van der Waals surface area contributed by atoms with Gasteiger partial charge in [-0.1, -0.05) is 18.2 Å². The van der Waals surface area contributed by atoms with Crippen molar-refractivity contribution in [3.05, 3.63) is 29.8 Å². The zero-order valence-electron chi connectivity index (χ0n) is 10.7. The fourth-order valence-corrected chi connectivity index (χ4v) is 2.35. The molecule has 0 saturated heterocycles. The van der Waals surface area contributed by atoms with Crippen molar-refractivity contribution in [1.82, 2.24) is 10.6 Å². The van der Waals surface area contributed by atoms with Gasteiger partial charge in [-0.25, -0.2) is 0 Å². The normalized spacial score (nSPS) is 20.5. The summed E-state index contributed by atoms with van der Waals surface area (Å²) < 4.78 is 5.67. The fourth-order valence-electron chi connectivity index (χ4n) is 2.35. The zero-order valence-corrected chi connectivity index (χ0v) is 10.7. The molecule has 1 aliphatic heterocycles. The topological polar surface area (TPSA) is 33.3 Å². The number of likely N-dealkylation sites (N-methyl/N-ethyl adjacent to an activating group) is 1. The number of rotatable bonds is 5. The Bertz CT molecular complexity index is 354. The predicted octanol–water partition coefficient (Wildman–Crippen LogP) is 1.75. The number of para-hydroxylation sites is 1. The number of benzene rings is 1. The molecule has 0 radical (unpaired) electrons. The molecule has 17 heavy (non-hydrogen) atoms. The molecule has 2 rings (SSSR count). The highest BCUT2D eigenvalue weighted by atomic mass is 16.5. The lowest BCUT2D eigenvalue weighted by atomic mass is 9.93. The van der Waals surface area contributed by atoms with E-state index in [1.165, 1.54) is 5.56 Å². The molecule has 1 aliphatic rings. The van der Waals surface area contributed by atoms with Crippen molar-refractivity contribution in [2.24, 2.45) is 0 Å². The summed E-state index contributed by atoms with van der Waals surface area (Å²) in [5.74, 6) is 1.64. The molecule has 0 bridgehead atoms. The maximum absolute atomic E-state index is 5.67. The van der Waals surface area contributed by atoms with E-state index in [1.807, 2.05) is 13.1 Å². The molecule has 2 N–H and O–H groups in total. The van der Waals surface area contributed by atoms with Crippen molar-refractivity contribution < 1.29 is 4.74 Å². The van der Waals surface area contributed by atoms with E-state index >= 15 is 0 Å². The standard InChI is InChI=1S/C14H22N2O/c1-11(9-15-2)16-10-12-7-8-17-14-6-4-3-5-13(12)14/h3-6,11-12,15-16H,7-10H2,1-2H3. The summed E-state index contributed by atoms with van der Waals surface area (Å²) in [6.45, 7) is 5.08. The molecule has 2 atom stereocenters. The van der Waals surface area contributed by atoms with Crippen LogP contribution < -0.4 is 15.4 Å². The summed E-state index contributed by atoms with van der Waals surface area (Å²) in [6, 6.07) is 8.90. The van der Waals surface area contributed by atoms with Crippen molar-refractivity contribution in [1.29, 1.82) is 0 Å². The van der Waals surface area contributed by atoms with Gasteiger partial charge in [-0.15, -0.1) is 0 Å². The van der Waals surface area contributed by atoms with Crippen molar-refractivity contribution in [3.63, 3.8) is 0 Å². The molecule has 0 fully saturated rings. The van der Waals surface area contributed by atoms with Crippen molar-refractivity contribution in [2.75, 3.05) is 26.7 Å². The van der Waals surface area contributed by atoms with Gasteiger partial charge < -0.3 is 15.4 Å². The lowest BCUT2D eigenvalue weighted by Crippen LogP contribution is -2.38. The highest BCUT2D eigenvalue weighted by Gasteiger charge is 2.20. The average Bonchev–Trinajstić information content (AvgIpc) is 2.36. The first-order chi connectivity index (χ1) is 8.31. The van der Waals surface area contributed by atoms with E-state index in [0.29, 0.717) is 12.0 Å². The van der Waals surface area contributed by atoms with Crippen LogP contribution in [0, 0.1) is 0 Å². The second-order valence-electron chi connectivity index (χ2n) is 4.74. The monoisotopic (exact) mass is 234 g/mol. The second-order valence-corrected chi connectivity index (χ2v) is 4.74. The smallest absolute Gasteiger partial charge is 0.122 e. The van der Waals surface area contributed by atoms with E-state index in [-0.39, 0.29) is 0 Å². The molecule has 1 heterocycles. The summed E-state index contributed by atoms with van der Waals surface area (Å²) >= 11 is 0. The Morgan fingerprint density at radius 3 is 3.06 bits per heavy atom. The van der Waals surface area contributed by atoms with Gasteiger partial charge in [-0.05, 0) is 32.0 Å². The number of fused-ring (bicyclic) bond motifs is 1. The molecule has 1 aromatic carbocycles. The molecule has 0 aliphatic carbocycles. The third-order valence-corrected chi connectivity index (χ3v) is 3.31. The quantitative estimate of drug-likeness (QED) is 0.814. The number of ether oxygens (including phenoxy) is 1. The van der Waals surface area contributed by atoms with Gasteiger partial charge in [0.1, 0.15) is 5.75 Å². The van der Waals surface area contributed by atoms with Crippen LogP contribution in [0.25, 0.3) is 0 Å². The molecule has 0 saturated carbocycles. The predicted molar refractivity (Wildman–Crippen MR) is 70.7 cm³/mol. The maximum Gasteiger partial charge on any atom is 0.122 e. The van der Waals surface area contributed by atoms with Crippen LogP contribution in [0.5, 0.6) is 5.75 Å². The first-order valence-corrected chi connectivity index (χ1v) is 6.41. The van der Waals surface area contributed by atoms with Crippen LogP contribution in [0.3, 0.4) is 0 Å². The lowest BCUT2D eigenvalue weighted by Gasteiger charge is -2.27. The first kappa shape index (κ1) is 12.4. The van der Waals surface area contributed by atoms with Gasteiger partial charge in [0.05, 0.1) is 6.61 Å². The van der Waals surface area contributed by atoms with Crippen molar-refractivity contribution in [3.8, 4) is 5.75 Å². The third-order valence-electron chi connectivity index (χ3n) is 3.31. The fraction of sp³-hybridized carbons (Fsp3) is 0.571. The summed E-state index contributed by atoms with van der Waals surface area (Å²) in [5, 5.41) is 6.76. The van der Waals surface area contributed by atoms with Gasteiger partial charge >= 0.3 is 0 Å². The maximum atomic E-state index is 5.67. The van der Waals surface area contributed by atoms with Crippen LogP contribution >= 0.6 is 0 Å². The van der Waals surface area contributed by atoms with Gasteiger partial charge in [0, 0.05) is 25.0 Å². The largest absolute Gasteiger partial charge is 0.493 e. The third kappa shape index (κ3) is 3.20. The molecular formula is C14H22N2O. The molecule has 94 valence electrons. The summed E-state index contributed by atoms with van der Waals surface area (Å²) in [7, 11) is 1.99. The Labute approximate surface area is 104 Å². The van der Waals surface area contributed by atoms with Crippen LogP contribution in [0.1, 0.15) is 24.8 Å². The Morgan fingerprint density at radius 1 is 1.41 bits per heavy atom. The van der Waals surface area contributed by atoms with Crippen LogP contribution in [-0.2, 0) is 0 Å². The van der Waals surface area contributed by atoms with Crippen molar-refractivity contribution >= 4 is 0 Å². The molecule has 2 unspecified atom stereocenters. The lowest BCUT2D eigenvalue weighted by molar-refractivity contribution is 0.262. The number of hydrogen-bond donors (Lipinski definition) is 2. The van der Waals surface area contributed by atoms with Crippen LogP contribution in [-0.4, -0.2) is 32.8 Å². The van der Waals surface area contributed by atoms with Crippen LogP contribution in [0.15, 0.2) is 24.3 Å². The molecular weight excluding hydrogens is 212 g/mol. The molecule has 0 aromatic heterocycles. The first-order valence-electron chi connectivity index (χ1n) is 6.41. The van der Waals surface area contributed by atoms with Crippen molar-refractivity contribution in [2.45, 2.75) is 25.3 Å². The number of nitrogens with one attached hydrogen (secondary N) is 2. The van der Waals surface area contributed by atoms with Gasteiger partial charge in [-0.2, -0.15) is 0 Å². The van der Waals surface area contributed by atoms with E-state index in [4.69, 9.17) is 4.74 Å². The molecule has 1 aromatic rings. The highest BCUT2D eigenvalue weighted by Crippen LogP contribution is 2.32. The van der Waals surface area contributed by atoms with E-state index in [2.05, 4.69) is 35.8 Å². The minimum absolute atomic E-state index is 0.509. The van der Waals surface area contributed by atoms with Gasteiger partial charge in [0.15, 0.2) is 0 Å². The van der Waals surface area contributed by atoms with Gasteiger partial charge in [-0.3, -0.25) is 0 Å². The van der Waals surface area contributed by atoms with E-state index in [1.54, 1.807) is 0 Å². The van der Waals surface area contributed by atoms with Gasteiger partial charge in [0.2, 0.25) is 0 Å². The minimum Gasteiger partial charge on any atom is -0.493 e. The summed E-state index contributed by atoms with van der Waals surface area (Å²) in [6.07, 6.45) is 1.11. The zero-order chi connectivity index (χ0) is 12.1. The van der Waals surface area contributed by atoms with Crippen LogP contribution in [0.2, 0.25) is 0 Å². The molecule has 3 heteroatoms. The summed E-state index contributed by atoms with van der Waals surface area (Å²) in [4.78, 5) is 0. The van der Waals surface area contributed by atoms with Gasteiger partial charge in [0.25, 0.3) is 0 Å². The van der Waals surface area contributed by atoms with E-state index in [0.717, 1.165) is 31.9 Å². The Morgan fingerprint density at radius 2 is 2.24 bits per heavy atom. The molecule has 0 amide bonds. The van der Waals surface area contributed by atoms with Crippen LogP contribution in [0.4, 0.5) is 0 Å². The highest BCUT2D eigenvalue weighted by molar-refractivity contribution is 5.37. The number of hydrogen-bond acceptors (Lipinski definition) is 3. The molecule has 0 spiro atoms. The SMILES string of the molecule is CNCC(C)NCC1CCOc2ccccc21. The second kappa shape index (κ2) is 6.03. The van der Waals surface area contributed by atoms with E-state index in [9.17, 15) is 0 Å². The summed E-state index contributed by atoms with van der Waals surface area (Å²) in [5.41, 5.74) is 1.35. The Kier molecular flexibility index (Phi) is 4.40. The van der Waals surface area contributed by atoms with E-state index < -0.39 is 0 Å². The Balaban J connectivity index is 1.94. The molecule has 3 nitrogen and oxygen atoms in total. The average molecular weight is 234 g/mol. The minimum atomic E-state index is 0.509. The Hall–Kier alpha value is -1.06.